The van der Waals surface area contributed by atoms with Gasteiger partial charge in [0, 0.05) is 13.1 Å². The van der Waals surface area contributed by atoms with Crippen LogP contribution in [0.2, 0.25) is 5.02 Å². The number of hydrogen-bond acceptors (Lipinski definition) is 3. The lowest BCUT2D eigenvalue weighted by Gasteiger charge is -2.30. The second kappa shape index (κ2) is 7.87. The molecule has 20 heavy (non-hydrogen) atoms. The summed E-state index contributed by atoms with van der Waals surface area (Å²) in [6.07, 6.45) is -0.547. The molecule has 0 fully saturated rings. The van der Waals surface area contributed by atoms with Gasteiger partial charge in [-0.1, -0.05) is 51.4 Å². The third kappa shape index (κ3) is 5.70. The number of benzene rings is 1. The predicted octanol–water partition coefficient (Wildman–Crippen LogP) is 3.35. The SMILES string of the molecule is CC(C)C(C)(C)CNCC(O)COc1ccccc1Cl. The molecule has 1 atom stereocenters. The van der Waals surface area contributed by atoms with Gasteiger partial charge in [0.1, 0.15) is 18.5 Å². The molecule has 1 aromatic rings. The van der Waals surface area contributed by atoms with Gasteiger partial charge in [0.2, 0.25) is 0 Å². The first-order valence-electron chi connectivity index (χ1n) is 7.09. The highest BCUT2D eigenvalue weighted by molar-refractivity contribution is 6.32. The molecule has 0 aliphatic carbocycles. The van der Waals surface area contributed by atoms with Crippen molar-refractivity contribution in [1.82, 2.24) is 5.32 Å². The molecule has 2 N–H and O–H groups in total. The van der Waals surface area contributed by atoms with Crippen LogP contribution in [0.1, 0.15) is 27.7 Å². The molecule has 0 aliphatic rings. The van der Waals surface area contributed by atoms with E-state index in [4.69, 9.17) is 16.3 Å². The van der Waals surface area contributed by atoms with E-state index in [0.717, 1.165) is 6.54 Å². The van der Waals surface area contributed by atoms with Crippen LogP contribution in [-0.4, -0.2) is 30.9 Å². The summed E-state index contributed by atoms with van der Waals surface area (Å²) in [6.45, 7) is 10.5. The van der Waals surface area contributed by atoms with Crippen LogP contribution in [0, 0.1) is 11.3 Å². The largest absolute Gasteiger partial charge is 0.489 e. The highest BCUT2D eigenvalue weighted by atomic mass is 35.5. The maximum absolute atomic E-state index is 9.91. The number of para-hydroxylation sites is 1. The minimum Gasteiger partial charge on any atom is -0.489 e. The van der Waals surface area contributed by atoms with Crippen LogP contribution in [-0.2, 0) is 0 Å². The van der Waals surface area contributed by atoms with E-state index in [1.54, 1.807) is 12.1 Å². The molecule has 0 bridgehead atoms. The molecule has 0 aromatic heterocycles. The summed E-state index contributed by atoms with van der Waals surface area (Å²) in [7, 11) is 0. The quantitative estimate of drug-likeness (QED) is 0.773. The molecule has 4 heteroatoms. The molecule has 3 nitrogen and oxygen atoms in total. The average Bonchev–Trinajstić information content (AvgIpc) is 2.37. The van der Waals surface area contributed by atoms with Crippen molar-refractivity contribution in [2.24, 2.45) is 11.3 Å². The number of aliphatic hydroxyl groups is 1. The Morgan fingerprint density at radius 2 is 1.95 bits per heavy atom. The fraction of sp³-hybridized carbons (Fsp3) is 0.625. The number of rotatable bonds is 8. The van der Waals surface area contributed by atoms with Crippen LogP contribution in [0.5, 0.6) is 5.75 Å². The van der Waals surface area contributed by atoms with Crippen molar-refractivity contribution < 1.29 is 9.84 Å². The van der Waals surface area contributed by atoms with Gasteiger partial charge in [-0.3, -0.25) is 0 Å². The van der Waals surface area contributed by atoms with E-state index in [1.165, 1.54) is 0 Å². The van der Waals surface area contributed by atoms with Gasteiger partial charge in [-0.2, -0.15) is 0 Å². The highest BCUT2D eigenvalue weighted by Crippen LogP contribution is 2.25. The molecule has 0 amide bonds. The zero-order chi connectivity index (χ0) is 15.2. The van der Waals surface area contributed by atoms with Crippen molar-refractivity contribution in [3.63, 3.8) is 0 Å². The van der Waals surface area contributed by atoms with Gasteiger partial charge in [0.25, 0.3) is 0 Å². The Balaban J connectivity index is 2.28. The van der Waals surface area contributed by atoms with Crippen LogP contribution in [0.3, 0.4) is 0 Å². The molecule has 0 saturated carbocycles. The Bertz CT molecular complexity index is 407. The lowest BCUT2D eigenvalue weighted by atomic mass is 9.81. The van der Waals surface area contributed by atoms with Crippen LogP contribution in [0.15, 0.2) is 24.3 Å². The van der Waals surface area contributed by atoms with E-state index in [1.807, 2.05) is 12.1 Å². The van der Waals surface area contributed by atoms with Gasteiger partial charge in [0.05, 0.1) is 5.02 Å². The summed E-state index contributed by atoms with van der Waals surface area (Å²) < 4.78 is 5.51. The monoisotopic (exact) mass is 299 g/mol. The van der Waals surface area contributed by atoms with Gasteiger partial charge >= 0.3 is 0 Å². The molecular formula is C16H26ClNO2. The fourth-order valence-corrected chi connectivity index (χ4v) is 1.76. The maximum Gasteiger partial charge on any atom is 0.138 e. The van der Waals surface area contributed by atoms with E-state index in [0.29, 0.717) is 23.2 Å². The van der Waals surface area contributed by atoms with Crippen molar-refractivity contribution in [3.8, 4) is 5.75 Å². The molecule has 1 aromatic carbocycles. The first-order valence-corrected chi connectivity index (χ1v) is 7.47. The van der Waals surface area contributed by atoms with E-state index in [2.05, 4.69) is 33.0 Å². The third-order valence-electron chi connectivity index (χ3n) is 3.79. The predicted molar refractivity (Wildman–Crippen MR) is 84.4 cm³/mol. The van der Waals surface area contributed by atoms with Gasteiger partial charge < -0.3 is 15.2 Å². The van der Waals surface area contributed by atoms with Gasteiger partial charge in [-0.25, -0.2) is 0 Å². The van der Waals surface area contributed by atoms with Crippen molar-refractivity contribution in [2.45, 2.75) is 33.8 Å². The zero-order valence-electron chi connectivity index (χ0n) is 12.8. The number of nitrogens with one attached hydrogen (secondary N) is 1. The lowest BCUT2D eigenvalue weighted by molar-refractivity contribution is 0.101. The smallest absolute Gasteiger partial charge is 0.138 e. The summed E-state index contributed by atoms with van der Waals surface area (Å²) in [4.78, 5) is 0. The average molecular weight is 300 g/mol. The highest BCUT2D eigenvalue weighted by Gasteiger charge is 2.22. The summed E-state index contributed by atoms with van der Waals surface area (Å²) in [6, 6.07) is 7.27. The van der Waals surface area contributed by atoms with Gasteiger partial charge in [-0.05, 0) is 23.5 Å². The molecule has 0 heterocycles. The Hall–Kier alpha value is -0.770. The molecule has 0 saturated heterocycles. The minimum absolute atomic E-state index is 0.212. The molecule has 0 radical (unpaired) electrons. The summed E-state index contributed by atoms with van der Waals surface area (Å²) in [5.74, 6) is 1.20. The number of ether oxygens (including phenoxy) is 1. The van der Waals surface area contributed by atoms with E-state index in [9.17, 15) is 5.11 Å². The molecule has 1 rings (SSSR count). The standard InChI is InChI=1S/C16H26ClNO2/c1-12(2)16(3,4)11-18-9-13(19)10-20-15-8-6-5-7-14(15)17/h5-8,12-13,18-19H,9-11H2,1-4H3. The topological polar surface area (TPSA) is 41.5 Å². The summed E-state index contributed by atoms with van der Waals surface area (Å²) in [5.41, 5.74) is 0.212. The summed E-state index contributed by atoms with van der Waals surface area (Å²) in [5, 5.41) is 13.8. The lowest BCUT2D eigenvalue weighted by Crippen LogP contribution is -2.39. The first-order chi connectivity index (χ1) is 9.33. The maximum atomic E-state index is 9.91. The minimum atomic E-state index is -0.547. The Kier molecular flexibility index (Phi) is 6.80. The second-order valence-electron chi connectivity index (χ2n) is 6.17. The van der Waals surface area contributed by atoms with E-state index < -0.39 is 6.10 Å². The fourth-order valence-electron chi connectivity index (χ4n) is 1.57. The second-order valence-corrected chi connectivity index (χ2v) is 6.58. The number of halogens is 1. The van der Waals surface area contributed by atoms with E-state index >= 15 is 0 Å². The van der Waals surface area contributed by atoms with Gasteiger partial charge in [-0.15, -0.1) is 0 Å². The summed E-state index contributed by atoms with van der Waals surface area (Å²) >= 11 is 5.98. The normalized spacial score (nSPS) is 13.6. The molecule has 0 aliphatic heterocycles. The van der Waals surface area contributed by atoms with Crippen LogP contribution >= 0.6 is 11.6 Å². The third-order valence-corrected chi connectivity index (χ3v) is 4.10. The van der Waals surface area contributed by atoms with Crippen molar-refractivity contribution in [3.05, 3.63) is 29.3 Å². The first kappa shape index (κ1) is 17.3. The van der Waals surface area contributed by atoms with Crippen LogP contribution in [0.4, 0.5) is 0 Å². The molecular weight excluding hydrogens is 274 g/mol. The Morgan fingerprint density at radius 3 is 2.55 bits per heavy atom. The number of hydrogen-bond donors (Lipinski definition) is 2. The molecule has 114 valence electrons. The van der Waals surface area contributed by atoms with Crippen LogP contribution < -0.4 is 10.1 Å². The molecule has 0 spiro atoms. The van der Waals surface area contributed by atoms with Crippen molar-refractivity contribution in [2.75, 3.05) is 19.7 Å². The zero-order valence-corrected chi connectivity index (χ0v) is 13.6. The van der Waals surface area contributed by atoms with E-state index in [-0.39, 0.29) is 12.0 Å². The van der Waals surface area contributed by atoms with Crippen molar-refractivity contribution >= 4 is 11.6 Å². The molecule has 1 unspecified atom stereocenters. The van der Waals surface area contributed by atoms with Gasteiger partial charge in [0.15, 0.2) is 0 Å². The van der Waals surface area contributed by atoms with Crippen LogP contribution in [0.25, 0.3) is 0 Å². The number of aliphatic hydroxyl groups excluding tert-OH is 1. The Morgan fingerprint density at radius 1 is 1.30 bits per heavy atom. The van der Waals surface area contributed by atoms with Crippen molar-refractivity contribution in [1.29, 1.82) is 0 Å². The Labute approximate surface area is 127 Å².